The molecule has 6 heteroatoms. The van der Waals surface area contributed by atoms with E-state index in [-0.39, 0.29) is 11.8 Å². The Bertz CT molecular complexity index is 418. The van der Waals surface area contributed by atoms with Crippen LogP contribution in [-0.4, -0.2) is 28.4 Å². The van der Waals surface area contributed by atoms with Gasteiger partial charge in [0.25, 0.3) is 0 Å². The molecule has 1 fully saturated rings. The first-order valence-corrected chi connectivity index (χ1v) is 7.29. The quantitative estimate of drug-likeness (QED) is 0.918. The number of anilines is 1. The first-order chi connectivity index (χ1) is 8.65. The fourth-order valence-electron chi connectivity index (χ4n) is 1.94. The summed E-state index contributed by atoms with van der Waals surface area (Å²) in [6.45, 7) is -2.83. The summed E-state index contributed by atoms with van der Waals surface area (Å²) in [6, 6.07) is 6.81. The van der Waals surface area contributed by atoms with E-state index in [2.05, 4.69) is 10.1 Å². The first kappa shape index (κ1) is 13.3. The van der Waals surface area contributed by atoms with Crippen molar-refractivity contribution in [3.8, 4) is 5.75 Å². The molecule has 0 saturated carbocycles. The number of rotatable bonds is 4. The molecule has 1 heterocycles. The van der Waals surface area contributed by atoms with Crippen LogP contribution in [0.2, 0.25) is 0 Å². The second kappa shape index (κ2) is 6.13. The predicted octanol–water partition coefficient (Wildman–Crippen LogP) is 2.61. The van der Waals surface area contributed by atoms with E-state index in [9.17, 15) is 13.0 Å². The molecule has 0 aromatic heterocycles. The Kier molecular flexibility index (Phi) is 4.52. The van der Waals surface area contributed by atoms with Crippen LogP contribution in [0.5, 0.6) is 5.75 Å². The summed E-state index contributed by atoms with van der Waals surface area (Å²) in [5, 5.41) is 3.18. The molecule has 18 heavy (non-hydrogen) atoms. The lowest BCUT2D eigenvalue weighted by Crippen LogP contribution is -2.29. The fourth-order valence-corrected chi connectivity index (χ4v) is 3.24. The summed E-state index contributed by atoms with van der Waals surface area (Å²) in [7, 11) is -0.725. The maximum absolute atomic E-state index is 12.2. The van der Waals surface area contributed by atoms with Crippen molar-refractivity contribution in [1.29, 1.82) is 0 Å². The number of halogens is 2. The van der Waals surface area contributed by atoms with Gasteiger partial charge in [0.05, 0.1) is 5.69 Å². The monoisotopic (exact) mass is 275 g/mol. The van der Waals surface area contributed by atoms with Gasteiger partial charge < -0.3 is 10.1 Å². The maximum atomic E-state index is 12.2. The minimum atomic E-state index is -2.83. The third kappa shape index (κ3) is 3.66. The van der Waals surface area contributed by atoms with E-state index in [0.29, 0.717) is 17.2 Å². The highest BCUT2D eigenvalue weighted by atomic mass is 32.2. The zero-order valence-corrected chi connectivity index (χ0v) is 10.6. The van der Waals surface area contributed by atoms with E-state index in [0.717, 1.165) is 12.8 Å². The first-order valence-electron chi connectivity index (χ1n) is 5.80. The Labute approximate surface area is 107 Å². The summed E-state index contributed by atoms with van der Waals surface area (Å²) in [6.07, 6.45) is 1.57. The molecule has 1 saturated heterocycles. The number of nitrogens with one attached hydrogen (secondary N) is 1. The molecule has 2 rings (SSSR count). The Morgan fingerprint density at radius 1 is 1.28 bits per heavy atom. The van der Waals surface area contributed by atoms with Crippen molar-refractivity contribution in [2.24, 2.45) is 0 Å². The van der Waals surface area contributed by atoms with Gasteiger partial charge in [0.1, 0.15) is 5.75 Å². The average Bonchev–Trinajstić information content (AvgIpc) is 2.34. The number of benzene rings is 1. The van der Waals surface area contributed by atoms with E-state index in [4.69, 9.17) is 0 Å². The van der Waals surface area contributed by atoms with Crippen LogP contribution >= 0.6 is 0 Å². The van der Waals surface area contributed by atoms with Crippen LogP contribution in [0.15, 0.2) is 24.3 Å². The average molecular weight is 275 g/mol. The van der Waals surface area contributed by atoms with Crippen molar-refractivity contribution >= 4 is 16.5 Å². The van der Waals surface area contributed by atoms with Gasteiger partial charge in [-0.2, -0.15) is 8.78 Å². The van der Waals surface area contributed by atoms with E-state index in [1.165, 1.54) is 6.07 Å². The molecular formula is C12H15F2NO2S. The van der Waals surface area contributed by atoms with Gasteiger partial charge in [-0.05, 0) is 25.0 Å². The third-order valence-electron chi connectivity index (χ3n) is 2.85. The number of hydrogen-bond donors (Lipinski definition) is 1. The zero-order chi connectivity index (χ0) is 13.0. The van der Waals surface area contributed by atoms with Crippen LogP contribution in [0.25, 0.3) is 0 Å². The molecule has 0 amide bonds. The fraction of sp³-hybridized carbons (Fsp3) is 0.500. The second-order valence-corrected chi connectivity index (χ2v) is 5.84. The van der Waals surface area contributed by atoms with Crippen LogP contribution < -0.4 is 10.1 Å². The lowest BCUT2D eigenvalue weighted by atomic mass is 10.1. The summed E-state index contributed by atoms with van der Waals surface area (Å²) in [5.74, 6) is 1.48. The summed E-state index contributed by atoms with van der Waals surface area (Å²) >= 11 is 0. The topological polar surface area (TPSA) is 38.3 Å². The minimum Gasteiger partial charge on any atom is -0.433 e. The van der Waals surface area contributed by atoms with E-state index in [1.54, 1.807) is 18.2 Å². The highest BCUT2D eigenvalue weighted by Gasteiger charge is 2.19. The smallest absolute Gasteiger partial charge is 0.387 e. The van der Waals surface area contributed by atoms with E-state index < -0.39 is 17.4 Å². The van der Waals surface area contributed by atoms with Crippen molar-refractivity contribution in [3.05, 3.63) is 24.3 Å². The number of para-hydroxylation sites is 2. The molecule has 1 aliphatic heterocycles. The number of hydrogen-bond acceptors (Lipinski definition) is 3. The molecule has 1 N–H and O–H groups in total. The Morgan fingerprint density at radius 2 is 1.94 bits per heavy atom. The minimum absolute atomic E-state index is 0.152. The summed E-state index contributed by atoms with van der Waals surface area (Å²) in [5.41, 5.74) is 0.565. The van der Waals surface area contributed by atoms with Gasteiger partial charge in [-0.15, -0.1) is 0 Å². The van der Waals surface area contributed by atoms with E-state index >= 15 is 0 Å². The molecule has 0 atom stereocenters. The highest BCUT2D eigenvalue weighted by Crippen LogP contribution is 2.27. The molecule has 0 aliphatic carbocycles. The third-order valence-corrected chi connectivity index (χ3v) is 4.23. The molecule has 0 bridgehead atoms. The SMILES string of the molecule is O=S1CCC(Nc2ccccc2OC(F)F)CC1. The van der Waals surface area contributed by atoms with Gasteiger partial charge in [0.15, 0.2) is 0 Å². The zero-order valence-electron chi connectivity index (χ0n) is 9.77. The van der Waals surface area contributed by atoms with Gasteiger partial charge in [0.2, 0.25) is 0 Å². The molecule has 100 valence electrons. The van der Waals surface area contributed by atoms with Gasteiger partial charge >= 0.3 is 6.61 Å². The maximum Gasteiger partial charge on any atom is 0.387 e. The second-order valence-electron chi connectivity index (χ2n) is 4.14. The lowest BCUT2D eigenvalue weighted by molar-refractivity contribution is -0.0493. The normalized spacial score (nSPS) is 23.9. The summed E-state index contributed by atoms with van der Waals surface area (Å²) in [4.78, 5) is 0. The van der Waals surface area contributed by atoms with Crippen molar-refractivity contribution in [2.45, 2.75) is 25.5 Å². The molecule has 1 aliphatic rings. The Hall–Kier alpha value is -1.17. The van der Waals surface area contributed by atoms with Gasteiger partial charge in [-0.1, -0.05) is 12.1 Å². The molecule has 0 radical (unpaired) electrons. The van der Waals surface area contributed by atoms with Crippen LogP contribution in [0.4, 0.5) is 14.5 Å². The molecule has 1 aromatic carbocycles. The van der Waals surface area contributed by atoms with Gasteiger partial charge in [0, 0.05) is 28.3 Å². The Balaban J connectivity index is 2.02. The summed E-state index contributed by atoms with van der Waals surface area (Å²) < 4.78 is 40.2. The van der Waals surface area contributed by atoms with Crippen LogP contribution in [-0.2, 0) is 10.8 Å². The standard InChI is InChI=1S/C12H15F2NO2S/c13-12(14)17-11-4-2-1-3-10(11)15-9-5-7-18(16)8-6-9/h1-4,9,12,15H,5-8H2. The molecule has 0 spiro atoms. The predicted molar refractivity (Wildman–Crippen MR) is 67.6 cm³/mol. The van der Waals surface area contributed by atoms with Gasteiger partial charge in [-0.25, -0.2) is 0 Å². The van der Waals surface area contributed by atoms with Gasteiger partial charge in [-0.3, -0.25) is 4.21 Å². The Morgan fingerprint density at radius 3 is 2.61 bits per heavy atom. The van der Waals surface area contributed by atoms with Crippen molar-refractivity contribution in [3.63, 3.8) is 0 Å². The van der Waals surface area contributed by atoms with Crippen LogP contribution in [0, 0.1) is 0 Å². The van der Waals surface area contributed by atoms with Crippen molar-refractivity contribution < 1.29 is 17.7 Å². The van der Waals surface area contributed by atoms with E-state index in [1.807, 2.05) is 0 Å². The van der Waals surface area contributed by atoms with Crippen molar-refractivity contribution in [2.75, 3.05) is 16.8 Å². The van der Waals surface area contributed by atoms with Crippen molar-refractivity contribution in [1.82, 2.24) is 0 Å². The molecule has 1 aromatic rings. The number of ether oxygens (including phenoxy) is 1. The highest BCUT2D eigenvalue weighted by molar-refractivity contribution is 7.85. The lowest BCUT2D eigenvalue weighted by Gasteiger charge is -2.24. The van der Waals surface area contributed by atoms with Crippen LogP contribution in [0.3, 0.4) is 0 Å². The largest absolute Gasteiger partial charge is 0.433 e. The molecule has 3 nitrogen and oxygen atoms in total. The molecule has 0 unspecified atom stereocenters. The van der Waals surface area contributed by atoms with Crippen LogP contribution in [0.1, 0.15) is 12.8 Å². The number of alkyl halides is 2. The molecular weight excluding hydrogens is 260 g/mol.